The summed E-state index contributed by atoms with van der Waals surface area (Å²) < 4.78 is 38.9. The van der Waals surface area contributed by atoms with Crippen molar-refractivity contribution >= 4 is 61.2 Å². The Kier molecular flexibility index (Phi) is 15.2. The molecule has 0 radical (unpaired) electrons. The van der Waals surface area contributed by atoms with Crippen LogP contribution in [0, 0.1) is 0 Å². The monoisotopic (exact) mass is 1160 g/mol. The maximum absolute atomic E-state index is 6.03. The first kappa shape index (κ1) is 53.6. The maximum Gasteiger partial charge on any atom is 0.257 e. The summed E-state index contributed by atoms with van der Waals surface area (Å²) in [5.74, 6) is 5.23. The van der Waals surface area contributed by atoms with Gasteiger partial charge in [-0.25, -0.2) is 9.97 Å². The third kappa shape index (κ3) is 11.3. The molecule has 0 aliphatic rings. The minimum absolute atomic E-state index is 0.154. The number of thiophene rings is 1. The number of nitrogens with zero attached hydrogens (tertiary/aromatic N) is 17. The Morgan fingerprint density at radius 3 is 1.48 bits per heavy atom. The molecule has 0 spiro atoms. The lowest BCUT2D eigenvalue weighted by molar-refractivity contribution is 0.294. The second-order valence-electron chi connectivity index (χ2n) is 18.6. The summed E-state index contributed by atoms with van der Waals surface area (Å²) >= 11 is 1.65. The Bertz CT molecular complexity index is 4830. The van der Waals surface area contributed by atoms with Gasteiger partial charge in [-0.2, -0.15) is 28.8 Å². The molecule has 23 nitrogen and oxygen atoms in total. The molecule has 3 aromatic carbocycles. The fraction of sp³-hybridized carbons (Fsp3) is 0.0968. The van der Waals surface area contributed by atoms with E-state index in [0.717, 1.165) is 49.7 Å². The summed E-state index contributed by atoms with van der Waals surface area (Å²) in [4.78, 5) is 23.0. The quantitative estimate of drug-likeness (QED) is 0.0925. The Hall–Kier alpha value is -11.7. The van der Waals surface area contributed by atoms with Crippen LogP contribution in [-0.2, 0) is 19.8 Å². The normalized spacial score (nSPS) is 11.1. The summed E-state index contributed by atoms with van der Waals surface area (Å²) in [7, 11) is 4.68. The minimum atomic E-state index is 0.154. The van der Waals surface area contributed by atoms with Gasteiger partial charge in [0.15, 0.2) is 40.2 Å². The average molecular weight is 1160 g/mol. The van der Waals surface area contributed by atoms with Gasteiger partial charge in [0.05, 0.1) is 60.3 Å². The molecule has 0 unspecified atom stereocenters. The zero-order valence-corrected chi connectivity index (χ0v) is 46.9. The Morgan fingerprint density at radius 1 is 0.407 bits per heavy atom. The van der Waals surface area contributed by atoms with Crippen LogP contribution in [0.2, 0.25) is 0 Å². The van der Waals surface area contributed by atoms with Gasteiger partial charge in [-0.3, -0.25) is 15.0 Å². The predicted octanol–water partition coefficient (Wildman–Crippen LogP) is 10.6. The third-order valence-corrected chi connectivity index (χ3v) is 14.2. The molecule has 24 heteroatoms. The van der Waals surface area contributed by atoms with Crippen molar-refractivity contribution in [2.45, 2.75) is 19.8 Å². The van der Waals surface area contributed by atoms with Crippen molar-refractivity contribution < 1.29 is 28.4 Å². The van der Waals surface area contributed by atoms with Gasteiger partial charge in [0.2, 0.25) is 0 Å². The van der Waals surface area contributed by atoms with Gasteiger partial charge in [0.25, 0.3) is 5.88 Å². The van der Waals surface area contributed by atoms with E-state index < -0.39 is 0 Å². The van der Waals surface area contributed by atoms with E-state index >= 15 is 0 Å². The molecule has 0 saturated heterocycles. The molecule has 15 rings (SSSR count). The van der Waals surface area contributed by atoms with Crippen LogP contribution in [0.1, 0.15) is 17.5 Å². The molecular formula is C62H47N17O6S. The van der Waals surface area contributed by atoms with Crippen LogP contribution < -0.4 is 28.4 Å². The lowest BCUT2D eigenvalue weighted by Crippen LogP contribution is -2.05. The summed E-state index contributed by atoms with van der Waals surface area (Å²) in [6.45, 7) is 0.622. The zero-order chi connectivity index (χ0) is 58.2. The molecule has 0 amide bonds. The average Bonchev–Trinajstić information content (AvgIpc) is 4.52. The standard InChI is InChI=1S/C22H18N6O3.C21H16N6O2.C19H13N5OS/c1-29-18-12-16-21(24-22(18)30-2)17(10-11-23-16)31-13-20-26-25-19-9-8-15(27-28(19)20)14-6-4-3-5-7-14;1-28-15-11-17-21(23-12-15)18(9-10-22-17)29-13-20-25-24-19-8-7-16(26-27(19)20)14-5-3-2-4-6-14;1-2-5-14-13(4-1)16(9-10-20-14)25-12-19-22-21-18-8-7-15(23-24(18)19)17-6-3-11-26-17/h3-12H,13H2,1-2H3;2-12H,13H2,1H3;1-11H,12H2. The van der Waals surface area contributed by atoms with E-state index in [4.69, 9.17) is 28.4 Å². The molecule has 86 heavy (non-hydrogen) atoms. The summed E-state index contributed by atoms with van der Waals surface area (Å²) in [5.41, 5.74) is 10.0. The summed E-state index contributed by atoms with van der Waals surface area (Å²) in [6.07, 6.45) is 6.70. The highest BCUT2D eigenvalue weighted by Crippen LogP contribution is 2.33. The van der Waals surface area contributed by atoms with Gasteiger partial charge < -0.3 is 28.4 Å². The number of para-hydroxylation sites is 1. The summed E-state index contributed by atoms with van der Waals surface area (Å²) in [6, 6.07) is 52.3. The van der Waals surface area contributed by atoms with Gasteiger partial charge in [-0.05, 0) is 66.0 Å². The first-order chi connectivity index (χ1) is 42.5. The molecule has 0 bridgehead atoms. The Balaban J connectivity index is 0.000000120. The molecule has 15 aromatic rings. The van der Waals surface area contributed by atoms with Crippen LogP contribution in [0.5, 0.6) is 34.6 Å². The van der Waals surface area contributed by atoms with Crippen molar-refractivity contribution in [3.05, 3.63) is 211 Å². The van der Waals surface area contributed by atoms with Crippen LogP contribution in [0.4, 0.5) is 0 Å². The molecule has 0 aliphatic heterocycles. The molecule has 0 fully saturated rings. The first-order valence-electron chi connectivity index (χ1n) is 26.6. The number of ether oxygens (including phenoxy) is 6. The Morgan fingerprint density at radius 2 is 0.919 bits per heavy atom. The van der Waals surface area contributed by atoms with E-state index in [2.05, 4.69) is 70.8 Å². The lowest BCUT2D eigenvalue weighted by atomic mass is 10.1. The fourth-order valence-corrected chi connectivity index (χ4v) is 9.80. The number of aromatic nitrogens is 17. The van der Waals surface area contributed by atoms with Gasteiger partial charge in [-0.1, -0.05) is 78.9 Å². The largest absolute Gasteiger partial charge is 0.495 e. The predicted molar refractivity (Wildman–Crippen MR) is 320 cm³/mol. The van der Waals surface area contributed by atoms with E-state index in [1.165, 1.54) is 7.11 Å². The molecule has 12 heterocycles. The molecule has 0 N–H and O–H groups in total. The second kappa shape index (κ2) is 24.4. The smallest absolute Gasteiger partial charge is 0.257 e. The van der Waals surface area contributed by atoms with E-state index in [0.29, 0.717) is 85.4 Å². The molecule has 12 aromatic heterocycles. The number of hydrogen-bond acceptors (Lipinski definition) is 21. The van der Waals surface area contributed by atoms with Gasteiger partial charge in [0, 0.05) is 59.4 Å². The van der Waals surface area contributed by atoms with Crippen molar-refractivity contribution in [1.29, 1.82) is 0 Å². The van der Waals surface area contributed by atoms with Crippen LogP contribution in [0.3, 0.4) is 0 Å². The molecule has 422 valence electrons. The maximum atomic E-state index is 6.03. The van der Waals surface area contributed by atoms with E-state index in [9.17, 15) is 0 Å². The number of pyridine rings is 5. The summed E-state index contributed by atoms with van der Waals surface area (Å²) in [5, 5.41) is 42.2. The minimum Gasteiger partial charge on any atom is -0.495 e. The molecule has 0 atom stereocenters. The van der Waals surface area contributed by atoms with Gasteiger partial charge in [-0.15, -0.1) is 41.9 Å². The highest BCUT2D eigenvalue weighted by Gasteiger charge is 2.17. The van der Waals surface area contributed by atoms with Crippen LogP contribution in [-0.4, -0.2) is 106 Å². The van der Waals surface area contributed by atoms with Gasteiger partial charge in [0.1, 0.15) is 59.5 Å². The Labute approximate surface area is 492 Å². The third-order valence-electron chi connectivity index (χ3n) is 13.3. The molecular weight excluding hydrogens is 1110 g/mol. The molecule has 0 aliphatic carbocycles. The van der Waals surface area contributed by atoms with Crippen molar-refractivity contribution in [3.8, 4) is 67.7 Å². The van der Waals surface area contributed by atoms with Crippen LogP contribution >= 0.6 is 11.3 Å². The fourth-order valence-electron chi connectivity index (χ4n) is 9.11. The number of hydrogen-bond donors (Lipinski definition) is 0. The SMILES string of the molecule is COc1cc2nccc(OCc3nnc4ccc(-c5ccccc5)nn34)c2nc1OC.COc1cnc2c(OCc3nnc4ccc(-c5ccccc5)nn34)ccnc2c1.c1csc(-c2ccc3nnc(COc4ccnc5ccccc45)n3n2)c1. The number of methoxy groups -OCH3 is 3. The van der Waals surface area contributed by atoms with Crippen molar-refractivity contribution in [1.82, 2.24) is 84.4 Å². The first-order valence-corrected chi connectivity index (χ1v) is 27.5. The number of rotatable bonds is 15. The van der Waals surface area contributed by atoms with Crippen LogP contribution in [0.25, 0.3) is 83.0 Å². The topological polar surface area (TPSA) is 249 Å². The van der Waals surface area contributed by atoms with E-state index in [1.54, 1.807) is 82.1 Å². The van der Waals surface area contributed by atoms with Crippen molar-refractivity contribution in [2.75, 3.05) is 21.3 Å². The van der Waals surface area contributed by atoms with Gasteiger partial charge >= 0.3 is 0 Å². The highest BCUT2D eigenvalue weighted by atomic mass is 32.1. The second-order valence-corrected chi connectivity index (χ2v) is 19.6. The van der Waals surface area contributed by atoms with E-state index in [1.807, 2.05) is 151 Å². The molecule has 0 saturated carbocycles. The number of fused-ring (bicyclic) bond motifs is 6. The van der Waals surface area contributed by atoms with Crippen molar-refractivity contribution in [2.24, 2.45) is 0 Å². The number of benzene rings is 3. The lowest BCUT2D eigenvalue weighted by Gasteiger charge is -2.11. The highest BCUT2D eigenvalue weighted by molar-refractivity contribution is 7.13. The zero-order valence-electron chi connectivity index (χ0n) is 46.1. The van der Waals surface area contributed by atoms with Crippen molar-refractivity contribution in [3.63, 3.8) is 0 Å². The van der Waals surface area contributed by atoms with E-state index in [-0.39, 0.29) is 19.8 Å². The van der Waals surface area contributed by atoms with Crippen LogP contribution in [0.15, 0.2) is 194 Å².